The Morgan fingerprint density at radius 3 is 2.75 bits per heavy atom. The van der Waals surface area contributed by atoms with Gasteiger partial charge in [0.2, 0.25) is 5.95 Å². The standard InChI is InChI=1S/C20H27N5O2S/c1-4-7-24-14(2)12-17(15(24)3)18(26)13-28-20-22-21-19(25(20)16-5-6-16)23-8-10-27-11-9-23/h4,12,16H,1,5-11,13H2,2-3H3. The minimum absolute atomic E-state index is 0.131. The summed E-state index contributed by atoms with van der Waals surface area (Å²) in [7, 11) is 0. The van der Waals surface area contributed by atoms with Crippen molar-refractivity contribution in [2.75, 3.05) is 37.0 Å². The lowest BCUT2D eigenvalue weighted by atomic mass is 10.2. The summed E-state index contributed by atoms with van der Waals surface area (Å²) < 4.78 is 9.80. The maximum Gasteiger partial charge on any atom is 0.228 e. The lowest BCUT2D eigenvalue weighted by Crippen LogP contribution is -2.38. The third kappa shape index (κ3) is 3.75. The number of Topliss-reactive ketones (excluding diaryl/α,β-unsaturated/α-hetero) is 1. The Hall–Kier alpha value is -2.06. The molecule has 4 rings (SSSR count). The van der Waals surface area contributed by atoms with E-state index in [1.54, 1.807) is 0 Å². The van der Waals surface area contributed by atoms with E-state index in [0.29, 0.717) is 11.8 Å². The van der Waals surface area contributed by atoms with E-state index in [0.717, 1.165) is 73.7 Å². The normalized spacial score (nSPS) is 17.1. The van der Waals surface area contributed by atoms with Gasteiger partial charge in [0.1, 0.15) is 0 Å². The van der Waals surface area contributed by atoms with E-state index in [9.17, 15) is 4.79 Å². The second-order valence-corrected chi connectivity index (χ2v) is 8.32. The average Bonchev–Trinajstić information content (AvgIpc) is 3.40. The zero-order valence-electron chi connectivity index (χ0n) is 16.6. The van der Waals surface area contributed by atoms with Crippen molar-refractivity contribution >= 4 is 23.5 Å². The second kappa shape index (κ2) is 8.13. The van der Waals surface area contributed by atoms with Crippen LogP contribution in [0.15, 0.2) is 23.9 Å². The van der Waals surface area contributed by atoms with Crippen molar-refractivity contribution < 1.29 is 9.53 Å². The molecule has 0 amide bonds. The van der Waals surface area contributed by atoms with E-state index in [1.807, 2.05) is 26.0 Å². The van der Waals surface area contributed by atoms with Gasteiger partial charge in [-0.25, -0.2) is 0 Å². The number of nitrogens with zero attached hydrogens (tertiary/aromatic N) is 5. The predicted molar refractivity (Wildman–Crippen MR) is 110 cm³/mol. The number of rotatable bonds is 8. The van der Waals surface area contributed by atoms with Crippen molar-refractivity contribution in [2.45, 2.75) is 44.4 Å². The van der Waals surface area contributed by atoms with Crippen LogP contribution in [0.3, 0.4) is 0 Å². The molecule has 2 aliphatic rings. The number of ketones is 1. The van der Waals surface area contributed by atoms with Crippen molar-refractivity contribution in [3.63, 3.8) is 0 Å². The fourth-order valence-corrected chi connectivity index (χ4v) is 4.58. The van der Waals surface area contributed by atoms with Gasteiger partial charge in [0.05, 0.1) is 19.0 Å². The fourth-order valence-electron chi connectivity index (χ4n) is 3.70. The van der Waals surface area contributed by atoms with E-state index >= 15 is 0 Å². The Morgan fingerprint density at radius 1 is 1.32 bits per heavy atom. The van der Waals surface area contributed by atoms with Gasteiger partial charge in [0.15, 0.2) is 10.9 Å². The largest absolute Gasteiger partial charge is 0.378 e. The van der Waals surface area contributed by atoms with Gasteiger partial charge in [-0.3, -0.25) is 9.36 Å². The average molecular weight is 402 g/mol. The lowest BCUT2D eigenvalue weighted by Gasteiger charge is -2.27. The van der Waals surface area contributed by atoms with Crippen molar-refractivity contribution in [1.82, 2.24) is 19.3 Å². The number of carbonyl (C=O) groups excluding carboxylic acids is 1. The van der Waals surface area contributed by atoms with E-state index in [4.69, 9.17) is 4.74 Å². The summed E-state index contributed by atoms with van der Waals surface area (Å²) >= 11 is 1.49. The molecule has 2 aromatic rings. The first-order valence-corrected chi connectivity index (χ1v) is 10.8. The van der Waals surface area contributed by atoms with E-state index in [2.05, 4.69) is 30.8 Å². The molecule has 7 nitrogen and oxygen atoms in total. The quantitative estimate of drug-likeness (QED) is 0.385. The number of aryl methyl sites for hydroxylation is 1. The van der Waals surface area contributed by atoms with Gasteiger partial charge < -0.3 is 14.2 Å². The SMILES string of the molecule is C=CCn1c(C)cc(C(=O)CSc2nnc(N3CCOCC3)n2C2CC2)c1C. The Morgan fingerprint density at radius 2 is 2.07 bits per heavy atom. The smallest absolute Gasteiger partial charge is 0.228 e. The van der Waals surface area contributed by atoms with Crippen LogP contribution in [-0.2, 0) is 11.3 Å². The number of allylic oxidation sites excluding steroid dienone is 1. The molecule has 0 radical (unpaired) electrons. The monoisotopic (exact) mass is 401 g/mol. The molecule has 0 aromatic carbocycles. The van der Waals surface area contributed by atoms with Gasteiger partial charge in [-0.2, -0.15) is 0 Å². The molecular weight excluding hydrogens is 374 g/mol. The lowest BCUT2D eigenvalue weighted by molar-refractivity contribution is 0.102. The Balaban J connectivity index is 1.49. The fraction of sp³-hybridized carbons (Fsp3) is 0.550. The predicted octanol–water partition coefficient (Wildman–Crippen LogP) is 3.03. The Kier molecular flexibility index (Phi) is 5.59. The molecule has 8 heteroatoms. The Bertz CT molecular complexity index is 878. The molecule has 0 spiro atoms. The van der Waals surface area contributed by atoms with Crippen LogP contribution in [0.5, 0.6) is 0 Å². The number of carbonyl (C=O) groups is 1. The molecule has 3 heterocycles. The van der Waals surface area contributed by atoms with Crippen molar-refractivity contribution in [2.24, 2.45) is 0 Å². The van der Waals surface area contributed by atoms with Crippen LogP contribution in [-0.4, -0.2) is 57.2 Å². The van der Waals surface area contributed by atoms with Crippen LogP contribution in [0.2, 0.25) is 0 Å². The Labute approximate surface area is 169 Å². The third-order valence-corrected chi connectivity index (χ3v) is 6.31. The van der Waals surface area contributed by atoms with Crippen LogP contribution < -0.4 is 4.90 Å². The maximum absolute atomic E-state index is 12.9. The first kappa shape index (κ1) is 19.3. The second-order valence-electron chi connectivity index (χ2n) is 7.38. The molecular formula is C20H27N5O2S. The summed E-state index contributed by atoms with van der Waals surface area (Å²) in [5.74, 6) is 1.42. The number of thioether (sulfide) groups is 1. The minimum Gasteiger partial charge on any atom is -0.378 e. The van der Waals surface area contributed by atoms with Crippen LogP contribution in [0.4, 0.5) is 5.95 Å². The molecule has 28 heavy (non-hydrogen) atoms. The van der Waals surface area contributed by atoms with Gasteiger partial charge >= 0.3 is 0 Å². The summed E-state index contributed by atoms with van der Waals surface area (Å²) in [5, 5.41) is 9.71. The van der Waals surface area contributed by atoms with Crippen molar-refractivity contribution in [1.29, 1.82) is 0 Å². The molecule has 1 aliphatic carbocycles. The summed E-state index contributed by atoms with van der Waals surface area (Å²) in [6.07, 6.45) is 4.16. The molecule has 0 N–H and O–H groups in total. The van der Waals surface area contributed by atoms with Gasteiger partial charge in [-0.1, -0.05) is 17.8 Å². The molecule has 1 saturated heterocycles. The molecule has 0 atom stereocenters. The van der Waals surface area contributed by atoms with Crippen molar-refractivity contribution in [3.8, 4) is 0 Å². The summed E-state index contributed by atoms with van der Waals surface area (Å²) in [6.45, 7) is 11.7. The number of anilines is 1. The molecule has 0 unspecified atom stereocenters. The highest BCUT2D eigenvalue weighted by Crippen LogP contribution is 2.41. The number of hydrogen-bond donors (Lipinski definition) is 0. The topological polar surface area (TPSA) is 65.2 Å². The maximum atomic E-state index is 12.9. The molecule has 150 valence electrons. The zero-order valence-corrected chi connectivity index (χ0v) is 17.4. The highest BCUT2D eigenvalue weighted by molar-refractivity contribution is 7.99. The van der Waals surface area contributed by atoms with Crippen LogP contribution in [0.1, 0.15) is 40.6 Å². The first-order chi connectivity index (χ1) is 13.6. The first-order valence-electron chi connectivity index (χ1n) is 9.81. The van der Waals surface area contributed by atoms with Gasteiger partial charge in [0.25, 0.3) is 0 Å². The van der Waals surface area contributed by atoms with Gasteiger partial charge in [-0.15, -0.1) is 16.8 Å². The summed E-state index contributed by atoms with van der Waals surface area (Å²) in [6, 6.07) is 2.44. The molecule has 2 aromatic heterocycles. The highest BCUT2D eigenvalue weighted by atomic mass is 32.2. The number of aromatic nitrogens is 4. The molecule has 1 saturated carbocycles. The van der Waals surface area contributed by atoms with Gasteiger partial charge in [0, 0.05) is 42.6 Å². The van der Waals surface area contributed by atoms with Crippen LogP contribution in [0, 0.1) is 13.8 Å². The number of hydrogen-bond acceptors (Lipinski definition) is 6. The van der Waals surface area contributed by atoms with Crippen LogP contribution in [0.25, 0.3) is 0 Å². The van der Waals surface area contributed by atoms with E-state index < -0.39 is 0 Å². The summed E-state index contributed by atoms with van der Waals surface area (Å²) in [5.41, 5.74) is 2.87. The van der Waals surface area contributed by atoms with Crippen molar-refractivity contribution in [3.05, 3.63) is 35.7 Å². The molecule has 0 bridgehead atoms. The highest BCUT2D eigenvalue weighted by Gasteiger charge is 2.32. The molecule has 1 aliphatic heterocycles. The van der Waals surface area contributed by atoms with Gasteiger partial charge in [-0.05, 0) is 32.8 Å². The van der Waals surface area contributed by atoms with E-state index in [-0.39, 0.29) is 5.78 Å². The minimum atomic E-state index is 0.131. The van der Waals surface area contributed by atoms with E-state index in [1.165, 1.54) is 11.8 Å². The zero-order chi connectivity index (χ0) is 19.7. The number of morpholine rings is 1. The summed E-state index contributed by atoms with van der Waals surface area (Å²) in [4.78, 5) is 15.1. The number of ether oxygens (including phenoxy) is 1. The third-order valence-electron chi connectivity index (χ3n) is 5.37. The molecule has 2 fully saturated rings. The van der Waals surface area contributed by atoms with Crippen LogP contribution >= 0.6 is 11.8 Å².